The number of benzene rings is 1. The van der Waals surface area contributed by atoms with Gasteiger partial charge in [-0.05, 0) is 61.6 Å². The maximum absolute atomic E-state index is 12.2. The van der Waals surface area contributed by atoms with E-state index in [4.69, 9.17) is 5.73 Å². The van der Waals surface area contributed by atoms with Crippen LogP contribution in [0.25, 0.3) is 0 Å². The molecule has 0 saturated heterocycles. The van der Waals surface area contributed by atoms with Crippen LogP contribution in [0, 0.1) is 6.92 Å². The minimum absolute atomic E-state index is 0.114. The SMILES string of the molecule is Cc1cc(Br)c(N)cc1S(=O)(=O)NCC(C)N(C)C. The van der Waals surface area contributed by atoms with Gasteiger partial charge in [0, 0.05) is 22.7 Å². The van der Waals surface area contributed by atoms with Gasteiger partial charge in [-0.3, -0.25) is 0 Å². The van der Waals surface area contributed by atoms with Crippen molar-refractivity contribution in [3.8, 4) is 0 Å². The number of anilines is 1. The lowest BCUT2D eigenvalue weighted by molar-refractivity contribution is 0.314. The Kier molecular flexibility index (Phi) is 5.37. The van der Waals surface area contributed by atoms with E-state index in [0.717, 1.165) is 0 Å². The molecule has 0 radical (unpaired) electrons. The third-order valence-corrected chi connectivity index (χ3v) is 5.29. The first-order chi connectivity index (χ1) is 8.65. The van der Waals surface area contributed by atoms with Gasteiger partial charge in [0.05, 0.1) is 4.90 Å². The number of sulfonamides is 1. The van der Waals surface area contributed by atoms with E-state index in [1.54, 1.807) is 13.0 Å². The third-order valence-electron chi connectivity index (χ3n) is 3.03. The van der Waals surface area contributed by atoms with Gasteiger partial charge in [0.25, 0.3) is 0 Å². The summed E-state index contributed by atoms with van der Waals surface area (Å²) in [6, 6.07) is 3.30. The van der Waals surface area contributed by atoms with Gasteiger partial charge in [-0.15, -0.1) is 0 Å². The molecular formula is C12H20BrN3O2S. The summed E-state index contributed by atoms with van der Waals surface area (Å²) in [5, 5.41) is 0. The van der Waals surface area contributed by atoms with Crippen molar-refractivity contribution >= 4 is 31.6 Å². The summed E-state index contributed by atoms with van der Waals surface area (Å²) in [4.78, 5) is 2.17. The Balaban J connectivity index is 2.98. The Morgan fingerprint density at radius 1 is 1.42 bits per heavy atom. The van der Waals surface area contributed by atoms with Crippen LogP contribution in [0.1, 0.15) is 12.5 Å². The zero-order valence-corrected chi connectivity index (χ0v) is 14.0. The average molecular weight is 350 g/mol. The number of hydrogen-bond acceptors (Lipinski definition) is 4. The van der Waals surface area contributed by atoms with Gasteiger partial charge in [0.1, 0.15) is 0 Å². The summed E-state index contributed by atoms with van der Waals surface area (Å²) < 4.78 is 27.8. The van der Waals surface area contributed by atoms with Crippen LogP contribution in [0.15, 0.2) is 21.5 Å². The molecule has 19 heavy (non-hydrogen) atoms. The van der Waals surface area contributed by atoms with Crippen LogP contribution in [0.3, 0.4) is 0 Å². The maximum Gasteiger partial charge on any atom is 0.240 e. The van der Waals surface area contributed by atoms with Crippen molar-refractivity contribution in [2.75, 3.05) is 26.4 Å². The molecule has 0 aromatic heterocycles. The largest absolute Gasteiger partial charge is 0.398 e. The van der Waals surface area contributed by atoms with Crippen LogP contribution in [0.5, 0.6) is 0 Å². The summed E-state index contributed by atoms with van der Waals surface area (Å²) >= 11 is 3.28. The van der Waals surface area contributed by atoms with Crippen molar-refractivity contribution in [1.29, 1.82) is 0 Å². The Morgan fingerprint density at radius 2 is 2.00 bits per heavy atom. The first-order valence-electron chi connectivity index (χ1n) is 5.87. The van der Waals surface area contributed by atoms with Gasteiger partial charge >= 0.3 is 0 Å². The van der Waals surface area contributed by atoms with Crippen molar-refractivity contribution in [2.24, 2.45) is 0 Å². The topological polar surface area (TPSA) is 75.4 Å². The van der Waals surface area contributed by atoms with Gasteiger partial charge in [-0.2, -0.15) is 0 Å². The number of aryl methyl sites for hydroxylation is 1. The number of rotatable bonds is 5. The van der Waals surface area contributed by atoms with E-state index in [-0.39, 0.29) is 10.9 Å². The summed E-state index contributed by atoms with van der Waals surface area (Å²) in [7, 11) is 0.273. The zero-order valence-electron chi connectivity index (χ0n) is 11.6. The number of likely N-dealkylation sites (N-methyl/N-ethyl adjacent to an activating group) is 1. The molecule has 1 rings (SSSR count). The first kappa shape index (κ1) is 16.4. The van der Waals surface area contributed by atoms with Gasteiger partial charge in [-0.25, -0.2) is 13.1 Å². The van der Waals surface area contributed by atoms with Crippen LogP contribution >= 0.6 is 15.9 Å². The number of hydrogen-bond donors (Lipinski definition) is 2. The molecule has 7 heteroatoms. The van der Waals surface area contributed by atoms with E-state index in [1.807, 2.05) is 25.9 Å². The highest BCUT2D eigenvalue weighted by Gasteiger charge is 2.19. The lowest BCUT2D eigenvalue weighted by atomic mass is 10.2. The second-order valence-corrected chi connectivity index (χ2v) is 7.39. The highest BCUT2D eigenvalue weighted by molar-refractivity contribution is 9.10. The maximum atomic E-state index is 12.2. The predicted octanol–water partition coefficient (Wildman–Crippen LogP) is 1.57. The van der Waals surface area contributed by atoms with E-state index < -0.39 is 10.0 Å². The van der Waals surface area contributed by atoms with Gasteiger partial charge < -0.3 is 10.6 Å². The smallest absolute Gasteiger partial charge is 0.240 e. The molecule has 0 amide bonds. The van der Waals surface area contributed by atoms with Crippen LogP contribution in [-0.4, -0.2) is 40.0 Å². The fraction of sp³-hybridized carbons (Fsp3) is 0.500. The lowest BCUT2D eigenvalue weighted by Gasteiger charge is -2.20. The third kappa shape index (κ3) is 4.17. The molecule has 0 saturated carbocycles. The number of nitrogen functional groups attached to an aromatic ring is 1. The highest BCUT2D eigenvalue weighted by Crippen LogP contribution is 2.26. The van der Waals surface area contributed by atoms with Crippen LogP contribution in [0.4, 0.5) is 5.69 Å². The zero-order chi connectivity index (χ0) is 14.8. The fourth-order valence-corrected chi connectivity index (χ4v) is 3.29. The van der Waals surface area contributed by atoms with Crippen LogP contribution < -0.4 is 10.5 Å². The second-order valence-electron chi connectivity index (χ2n) is 4.80. The summed E-state index contributed by atoms with van der Waals surface area (Å²) in [5.74, 6) is 0. The van der Waals surface area contributed by atoms with Gasteiger partial charge in [-0.1, -0.05) is 0 Å². The van der Waals surface area contributed by atoms with Crippen molar-refractivity contribution in [1.82, 2.24) is 9.62 Å². The van der Waals surface area contributed by atoms with E-state index in [2.05, 4.69) is 20.7 Å². The number of halogens is 1. The molecule has 1 atom stereocenters. The van der Waals surface area contributed by atoms with E-state index in [9.17, 15) is 8.42 Å². The monoisotopic (exact) mass is 349 g/mol. The molecule has 3 N–H and O–H groups in total. The number of nitrogens with zero attached hydrogens (tertiary/aromatic N) is 1. The molecule has 1 aromatic rings. The molecule has 1 aromatic carbocycles. The summed E-state index contributed by atoms with van der Waals surface area (Å²) in [6.07, 6.45) is 0. The average Bonchev–Trinajstić information content (AvgIpc) is 2.30. The molecule has 0 fully saturated rings. The van der Waals surface area contributed by atoms with Crippen molar-refractivity contribution in [3.05, 3.63) is 22.2 Å². The van der Waals surface area contributed by atoms with Crippen molar-refractivity contribution in [2.45, 2.75) is 24.8 Å². The molecule has 108 valence electrons. The molecule has 0 spiro atoms. The van der Waals surface area contributed by atoms with Gasteiger partial charge in [0.15, 0.2) is 0 Å². The van der Waals surface area contributed by atoms with Crippen LogP contribution in [-0.2, 0) is 10.0 Å². The summed E-state index contributed by atoms with van der Waals surface area (Å²) in [6.45, 7) is 4.05. The Hall–Kier alpha value is -0.630. The Morgan fingerprint density at radius 3 is 2.53 bits per heavy atom. The lowest BCUT2D eigenvalue weighted by Crippen LogP contribution is -2.38. The molecule has 0 aliphatic rings. The normalized spacial score (nSPS) is 13.8. The van der Waals surface area contributed by atoms with Crippen molar-refractivity contribution in [3.63, 3.8) is 0 Å². The molecule has 0 aliphatic heterocycles. The molecule has 5 nitrogen and oxygen atoms in total. The summed E-state index contributed by atoms with van der Waals surface area (Å²) in [5.41, 5.74) is 6.81. The molecule has 0 heterocycles. The van der Waals surface area contributed by atoms with E-state index in [0.29, 0.717) is 22.3 Å². The number of nitrogens with one attached hydrogen (secondary N) is 1. The standard InChI is InChI=1S/C12H20BrN3O2S/c1-8-5-10(13)11(14)6-12(8)19(17,18)15-7-9(2)16(3)4/h5-6,9,15H,7,14H2,1-4H3. The molecule has 0 bridgehead atoms. The molecular weight excluding hydrogens is 330 g/mol. The predicted molar refractivity (Wildman–Crippen MR) is 81.6 cm³/mol. The Bertz CT molecular complexity index is 558. The minimum Gasteiger partial charge on any atom is -0.398 e. The quantitative estimate of drug-likeness (QED) is 0.791. The fourth-order valence-electron chi connectivity index (χ4n) is 1.45. The van der Waals surface area contributed by atoms with E-state index >= 15 is 0 Å². The highest BCUT2D eigenvalue weighted by atomic mass is 79.9. The second kappa shape index (κ2) is 6.21. The van der Waals surface area contributed by atoms with Crippen LogP contribution in [0.2, 0.25) is 0 Å². The molecule has 0 aliphatic carbocycles. The first-order valence-corrected chi connectivity index (χ1v) is 8.14. The van der Waals surface area contributed by atoms with Gasteiger partial charge in [0.2, 0.25) is 10.0 Å². The minimum atomic E-state index is -3.54. The van der Waals surface area contributed by atoms with Crippen molar-refractivity contribution < 1.29 is 8.42 Å². The number of nitrogens with two attached hydrogens (primary N) is 1. The van der Waals surface area contributed by atoms with E-state index in [1.165, 1.54) is 6.07 Å². The molecule has 1 unspecified atom stereocenters. The Labute approximate surface area is 123 Å².